The predicted molar refractivity (Wildman–Crippen MR) is 102 cm³/mol. The average molecular weight is 370 g/mol. The van der Waals surface area contributed by atoms with E-state index in [1.165, 1.54) is 7.11 Å². The number of anilines is 2. The van der Waals surface area contributed by atoms with Crippen molar-refractivity contribution in [1.82, 2.24) is 0 Å². The smallest absolute Gasteiger partial charge is 0.411 e. The second-order valence-electron chi connectivity index (χ2n) is 5.71. The molecule has 0 aliphatic rings. The highest BCUT2D eigenvalue weighted by atomic mass is 32.2. The van der Waals surface area contributed by atoms with Gasteiger partial charge < -0.3 is 4.74 Å². The van der Waals surface area contributed by atoms with E-state index < -0.39 is 16.1 Å². The van der Waals surface area contributed by atoms with Gasteiger partial charge in [0, 0.05) is 5.69 Å². The first-order valence-electron chi connectivity index (χ1n) is 7.87. The van der Waals surface area contributed by atoms with Gasteiger partial charge in [0.15, 0.2) is 0 Å². The van der Waals surface area contributed by atoms with Crippen molar-refractivity contribution in [1.29, 1.82) is 0 Å². The quantitative estimate of drug-likeness (QED) is 0.723. The molecule has 26 heavy (non-hydrogen) atoms. The highest BCUT2D eigenvalue weighted by molar-refractivity contribution is 7.92. The van der Waals surface area contributed by atoms with Gasteiger partial charge in [-0.05, 0) is 47.5 Å². The van der Waals surface area contributed by atoms with Crippen molar-refractivity contribution in [2.75, 3.05) is 17.1 Å². The van der Waals surface area contributed by atoms with E-state index in [0.717, 1.165) is 10.8 Å². The van der Waals surface area contributed by atoms with Crippen LogP contribution in [0.3, 0.4) is 0 Å². The minimum Gasteiger partial charge on any atom is -0.453 e. The lowest BCUT2D eigenvalue weighted by Crippen LogP contribution is -2.16. The van der Waals surface area contributed by atoms with E-state index >= 15 is 0 Å². The molecule has 1 amide bonds. The second kappa shape index (κ2) is 7.05. The maximum atomic E-state index is 12.8. The molecule has 0 spiro atoms. The molecule has 0 aliphatic heterocycles. The molecule has 3 aromatic carbocycles. The number of hydrogen-bond donors (Lipinski definition) is 2. The molecule has 6 nitrogen and oxygen atoms in total. The summed E-state index contributed by atoms with van der Waals surface area (Å²) in [7, 11) is -2.51. The zero-order chi connectivity index (χ0) is 18.7. The summed E-state index contributed by atoms with van der Waals surface area (Å²) in [5.41, 5.74) is 1.44. The predicted octanol–water partition coefficient (Wildman–Crippen LogP) is 4.13. The molecule has 0 radical (unpaired) electrons. The van der Waals surface area contributed by atoms with Crippen LogP contribution >= 0.6 is 0 Å². The number of fused-ring (bicyclic) bond motifs is 1. The first-order chi connectivity index (χ1) is 12.4. The van der Waals surface area contributed by atoms with Gasteiger partial charge in [0.25, 0.3) is 10.0 Å². The minimum atomic E-state index is -3.77. The number of amides is 1. The van der Waals surface area contributed by atoms with E-state index in [0.29, 0.717) is 16.9 Å². The van der Waals surface area contributed by atoms with Crippen molar-refractivity contribution in [3.05, 3.63) is 66.2 Å². The number of ether oxygens (including phenoxy) is 1. The molecule has 0 heterocycles. The Bertz CT molecular complexity index is 1080. The van der Waals surface area contributed by atoms with Gasteiger partial charge in [-0.3, -0.25) is 10.0 Å². The molecule has 0 fully saturated rings. The fraction of sp³-hybridized carbons (Fsp3) is 0.105. The van der Waals surface area contributed by atoms with E-state index in [1.54, 1.807) is 43.3 Å². The molecule has 0 unspecified atom stereocenters. The first-order valence-corrected chi connectivity index (χ1v) is 9.35. The highest BCUT2D eigenvalue weighted by Gasteiger charge is 2.17. The summed E-state index contributed by atoms with van der Waals surface area (Å²) in [4.78, 5) is 11.6. The number of nitrogens with one attached hydrogen (secondary N) is 2. The molecule has 3 aromatic rings. The lowest BCUT2D eigenvalue weighted by Gasteiger charge is -2.14. The molecule has 3 rings (SSSR count). The fourth-order valence-electron chi connectivity index (χ4n) is 2.58. The van der Waals surface area contributed by atoms with Crippen molar-refractivity contribution in [3.63, 3.8) is 0 Å². The number of hydrogen-bond acceptors (Lipinski definition) is 4. The standard InChI is InChI=1S/C19H18N2O4S/c1-13-17(20-19(22)25-2)8-5-9-18(13)21-26(23,24)16-11-10-14-6-3-4-7-15(14)12-16/h3-12,21H,1-2H3,(H,20,22). The average Bonchev–Trinajstić information content (AvgIpc) is 2.64. The van der Waals surface area contributed by atoms with Crippen molar-refractivity contribution in [3.8, 4) is 0 Å². The lowest BCUT2D eigenvalue weighted by molar-refractivity contribution is 0.187. The third-order valence-corrected chi connectivity index (χ3v) is 5.39. The van der Waals surface area contributed by atoms with Crippen molar-refractivity contribution in [2.24, 2.45) is 0 Å². The summed E-state index contributed by atoms with van der Waals surface area (Å²) >= 11 is 0. The van der Waals surface area contributed by atoms with E-state index in [2.05, 4.69) is 14.8 Å². The van der Waals surface area contributed by atoms with Gasteiger partial charge in [-0.1, -0.05) is 36.4 Å². The van der Waals surface area contributed by atoms with Crippen LogP contribution in [0.25, 0.3) is 10.8 Å². The van der Waals surface area contributed by atoms with Crippen LogP contribution in [-0.2, 0) is 14.8 Å². The van der Waals surface area contributed by atoms with Crippen LogP contribution < -0.4 is 10.0 Å². The Morgan fingerprint density at radius 1 is 0.923 bits per heavy atom. The van der Waals surface area contributed by atoms with Crippen LogP contribution in [0.5, 0.6) is 0 Å². The van der Waals surface area contributed by atoms with Crippen LogP contribution in [0.4, 0.5) is 16.2 Å². The molecular formula is C19H18N2O4S. The maximum absolute atomic E-state index is 12.8. The fourth-order valence-corrected chi connectivity index (χ4v) is 3.74. The summed E-state index contributed by atoms with van der Waals surface area (Å²) in [5.74, 6) is 0. The molecule has 0 aromatic heterocycles. The van der Waals surface area contributed by atoms with E-state index in [4.69, 9.17) is 0 Å². The van der Waals surface area contributed by atoms with Gasteiger partial charge in [0.2, 0.25) is 0 Å². The zero-order valence-electron chi connectivity index (χ0n) is 14.3. The van der Waals surface area contributed by atoms with E-state index in [1.807, 2.05) is 24.3 Å². The first kappa shape index (κ1) is 17.8. The van der Waals surface area contributed by atoms with Crippen LogP contribution in [-0.4, -0.2) is 21.6 Å². The summed E-state index contributed by atoms with van der Waals surface area (Å²) in [5, 5.41) is 4.36. The Kier molecular flexibility index (Phi) is 4.81. The van der Waals surface area contributed by atoms with E-state index in [9.17, 15) is 13.2 Å². The molecule has 2 N–H and O–H groups in total. The molecule has 0 saturated heterocycles. The Morgan fingerprint density at radius 3 is 2.35 bits per heavy atom. The summed E-state index contributed by atoms with van der Waals surface area (Å²) in [6, 6.07) is 17.5. The van der Waals surface area contributed by atoms with Gasteiger partial charge in [0.1, 0.15) is 0 Å². The largest absolute Gasteiger partial charge is 0.453 e. The third-order valence-electron chi connectivity index (χ3n) is 4.03. The normalized spacial score (nSPS) is 11.2. The number of carbonyl (C=O) groups is 1. The summed E-state index contributed by atoms with van der Waals surface area (Å²) in [6.07, 6.45) is -0.623. The van der Waals surface area contributed by atoms with Gasteiger partial charge in [-0.2, -0.15) is 0 Å². The molecule has 0 aliphatic carbocycles. The Morgan fingerprint density at radius 2 is 1.62 bits per heavy atom. The molecule has 134 valence electrons. The Hall–Kier alpha value is -3.06. The van der Waals surface area contributed by atoms with E-state index in [-0.39, 0.29) is 4.90 Å². The van der Waals surface area contributed by atoms with Crippen LogP contribution in [0, 0.1) is 6.92 Å². The lowest BCUT2D eigenvalue weighted by atomic mass is 10.1. The zero-order valence-corrected chi connectivity index (χ0v) is 15.1. The molecule has 0 saturated carbocycles. The van der Waals surface area contributed by atoms with Crippen molar-refractivity contribution in [2.45, 2.75) is 11.8 Å². The molecular weight excluding hydrogens is 352 g/mol. The molecule has 0 atom stereocenters. The SMILES string of the molecule is COC(=O)Nc1cccc(NS(=O)(=O)c2ccc3ccccc3c2)c1C. The topological polar surface area (TPSA) is 84.5 Å². The third kappa shape index (κ3) is 3.62. The van der Waals surface area contributed by atoms with Gasteiger partial charge in [0.05, 0.1) is 17.7 Å². The maximum Gasteiger partial charge on any atom is 0.411 e. The number of sulfonamides is 1. The summed E-state index contributed by atoms with van der Waals surface area (Å²) in [6.45, 7) is 1.71. The molecule has 7 heteroatoms. The molecule has 0 bridgehead atoms. The van der Waals surface area contributed by atoms with Crippen LogP contribution in [0.1, 0.15) is 5.56 Å². The second-order valence-corrected chi connectivity index (χ2v) is 7.39. The van der Waals surface area contributed by atoms with Gasteiger partial charge in [-0.15, -0.1) is 0 Å². The monoisotopic (exact) mass is 370 g/mol. The highest BCUT2D eigenvalue weighted by Crippen LogP contribution is 2.27. The summed E-state index contributed by atoms with van der Waals surface area (Å²) < 4.78 is 32.7. The minimum absolute atomic E-state index is 0.168. The number of benzene rings is 3. The number of methoxy groups -OCH3 is 1. The number of carbonyl (C=O) groups excluding carboxylic acids is 1. The van der Waals surface area contributed by atoms with Gasteiger partial charge >= 0.3 is 6.09 Å². The Balaban J connectivity index is 1.93. The van der Waals surface area contributed by atoms with Crippen molar-refractivity contribution >= 4 is 38.3 Å². The van der Waals surface area contributed by atoms with Gasteiger partial charge in [-0.25, -0.2) is 13.2 Å². The van der Waals surface area contributed by atoms with Crippen LogP contribution in [0.15, 0.2) is 65.6 Å². The van der Waals surface area contributed by atoms with Crippen LogP contribution in [0.2, 0.25) is 0 Å². The van der Waals surface area contributed by atoms with Crippen molar-refractivity contribution < 1.29 is 17.9 Å². The Labute approximate surface area is 151 Å². The number of rotatable bonds is 4.